The number of amides is 1. The zero-order valence-corrected chi connectivity index (χ0v) is 15.1. The third kappa shape index (κ3) is 3.76. The van der Waals surface area contributed by atoms with E-state index in [-0.39, 0.29) is 10.8 Å². The van der Waals surface area contributed by atoms with Crippen molar-refractivity contribution in [2.24, 2.45) is 0 Å². The van der Waals surface area contributed by atoms with E-state index in [1.54, 1.807) is 12.1 Å². The molecule has 0 aliphatic heterocycles. The normalized spacial score (nSPS) is 11.2. The molecule has 5 nitrogen and oxygen atoms in total. The summed E-state index contributed by atoms with van der Waals surface area (Å²) in [6, 6.07) is 11.9. The van der Waals surface area contributed by atoms with Gasteiger partial charge in [0.2, 0.25) is 5.91 Å². The fourth-order valence-electron chi connectivity index (χ4n) is 2.60. The number of carbonyl (C=O) groups excluding carboxylic acids is 1. The first-order valence-corrected chi connectivity index (χ1v) is 9.17. The molecular formula is C18H22N2O3S. The number of sulfonamides is 1. The second-order valence-corrected chi connectivity index (χ2v) is 7.53. The summed E-state index contributed by atoms with van der Waals surface area (Å²) in [5, 5.41) is 2.63. The van der Waals surface area contributed by atoms with Crippen molar-refractivity contribution >= 4 is 27.3 Å². The molecule has 0 saturated heterocycles. The summed E-state index contributed by atoms with van der Waals surface area (Å²) in [7, 11) is -3.66. The van der Waals surface area contributed by atoms with Crippen LogP contribution in [0.4, 0.5) is 11.4 Å². The summed E-state index contributed by atoms with van der Waals surface area (Å²) in [6.07, 6.45) is 0. The minimum absolute atomic E-state index is 0.193. The number of carbonyl (C=O) groups is 1. The Kier molecular flexibility index (Phi) is 5.29. The van der Waals surface area contributed by atoms with Crippen molar-refractivity contribution in [3.63, 3.8) is 0 Å². The lowest BCUT2D eigenvalue weighted by molar-refractivity contribution is -0.114. The highest BCUT2D eigenvalue weighted by Crippen LogP contribution is 2.27. The van der Waals surface area contributed by atoms with Crippen molar-refractivity contribution < 1.29 is 13.2 Å². The van der Waals surface area contributed by atoms with Gasteiger partial charge in [0.15, 0.2) is 0 Å². The quantitative estimate of drug-likeness (QED) is 0.901. The Bertz CT molecular complexity index is 843. The lowest BCUT2D eigenvalue weighted by Crippen LogP contribution is -2.31. The first-order chi connectivity index (χ1) is 11.3. The lowest BCUT2D eigenvalue weighted by atomic mass is 10.1. The molecule has 0 heterocycles. The summed E-state index contributed by atoms with van der Waals surface area (Å²) in [4.78, 5) is 11.3. The van der Waals surface area contributed by atoms with Gasteiger partial charge in [-0.15, -0.1) is 0 Å². The van der Waals surface area contributed by atoms with E-state index in [1.807, 2.05) is 39.0 Å². The molecule has 0 aliphatic rings. The molecule has 0 atom stereocenters. The van der Waals surface area contributed by atoms with E-state index in [4.69, 9.17) is 0 Å². The number of hydrogen-bond acceptors (Lipinski definition) is 3. The molecule has 24 heavy (non-hydrogen) atoms. The molecule has 6 heteroatoms. The highest BCUT2D eigenvalue weighted by Gasteiger charge is 2.24. The smallest absolute Gasteiger partial charge is 0.264 e. The molecule has 128 valence electrons. The molecule has 2 aromatic rings. The Labute approximate surface area is 143 Å². The largest absolute Gasteiger partial charge is 0.326 e. The van der Waals surface area contributed by atoms with Crippen LogP contribution in [0.15, 0.2) is 47.4 Å². The summed E-state index contributed by atoms with van der Waals surface area (Å²) in [6.45, 7) is 7.43. The first kappa shape index (κ1) is 18.0. The zero-order chi connectivity index (χ0) is 17.9. The van der Waals surface area contributed by atoms with Gasteiger partial charge in [-0.2, -0.15) is 0 Å². The highest BCUT2D eigenvalue weighted by molar-refractivity contribution is 7.92. The van der Waals surface area contributed by atoms with Gasteiger partial charge >= 0.3 is 0 Å². The average molecular weight is 346 g/mol. The van der Waals surface area contributed by atoms with Crippen molar-refractivity contribution in [3.8, 4) is 0 Å². The van der Waals surface area contributed by atoms with Crippen LogP contribution in [0.2, 0.25) is 0 Å². The van der Waals surface area contributed by atoms with E-state index < -0.39 is 10.0 Å². The molecule has 2 rings (SSSR count). The van der Waals surface area contributed by atoms with Crippen molar-refractivity contribution in [1.82, 2.24) is 0 Å². The molecule has 0 aliphatic carbocycles. The van der Waals surface area contributed by atoms with E-state index in [0.717, 1.165) is 11.1 Å². The number of aryl methyl sites for hydroxylation is 2. The van der Waals surface area contributed by atoms with Crippen LogP contribution in [-0.2, 0) is 14.8 Å². The predicted octanol–water partition coefficient (Wildman–Crippen LogP) is 3.48. The van der Waals surface area contributed by atoms with Gasteiger partial charge in [0.25, 0.3) is 10.0 Å². The molecule has 0 unspecified atom stereocenters. The van der Waals surface area contributed by atoms with Crippen LogP contribution in [0.5, 0.6) is 0 Å². The molecule has 0 aromatic heterocycles. The van der Waals surface area contributed by atoms with Crippen molar-refractivity contribution in [2.45, 2.75) is 32.6 Å². The molecule has 1 N–H and O–H groups in total. The van der Waals surface area contributed by atoms with Crippen LogP contribution in [0.1, 0.15) is 25.0 Å². The number of nitrogens with zero attached hydrogens (tertiary/aromatic N) is 1. The molecule has 0 fully saturated rings. The van der Waals surface area contributed by atoms with E-state index in [1.165, 1.54) is 23.4 Å². The first-order valence-electron chi connectivity index (χ1n) is 7.73. The molecular weight excluding hydrogens is 324 g/mol. The molecule has 0 spiro atoms. The van der Waals surface area contributed by atoms with Crippen molar-refractivity contribution in [3.05, 3.63) is 53.6 Å². The minimum Gasteiger partial charge on any atom is -0.326 e. The Hall–Kier alpha value is -2.34. The third-order valence-electron chi connectivity index (χ3n) is 3.67. The van der Waals surface area contributed by atoms with Crippen LogP contribution >= 0.6 is 0 Å². The van der Waals surface area contributed by atoms with Crippen molar-refractivity contribution in [1.29, 1.82) is 0 Å². The standard InChI is InChI=1S/C18H22N2O3S/c1-5-20(18-11-6-13(2)12-14(18)3)24(22,23)17-9-7-16(8-10-17)19-15(4)21/h6-12H,5H2,1-4H3,(H,19,21). The second-order valence-electron chi connectivity index (χ2n) is 5.67. The summed E-state index contributed by atoms with van der Waals surface area (Å²) in [5.41, 5.74) is 3.24. The van der Waals surface area contributed by atoms with Crippen LogP contribution in [0, 0.1) is 13.8 Å². The summed E-state index contributed by atoms with van der Waals surface area (Å²) >= 11 is 0. The maximum atomic E-state index is 13.0. The number of nitrogens with one attached hydrogen (secondary N) is 1. The van der Waals surface area contributed by atoms with Gasteiger partial charge in [0.1, 0.15) is 0 Å². The Morgan fingerprint density at radius 3 is 2.21 bits per heavy atom. The Balaban J connectivity index is 2.41. The Morgan fingerprint density at radius 1 is 1.08 bits per heavy atom. The zero-order valence-electron chi connectivity index (χ0n) is 14.3. The van der Waals surface area contributed by atoms with Gasteiger partial charge in [-0.3, -0.25) is 9.10 Å². The van der Waals surface area contributed by atoms with Crippen LogP contribution in [0.25, 0.3) is 0 Å². The second kappa shape index (κ2) is 7.05. The number of hydrogen-bond donors (Lipinski definition) is 1. The van der Waals surface area contributed by atoms with E-state index in [0.29, 0.717) is 17.9 Å². The maximum absolute atomic E-state index is 13.0. The van der Waals surface area contributed by atoms with Gasteiger partial charge in [-0.05, 0) is 56.7 Å². The van der Waals surface area contributed by atoms with Crippen molar-refractivity contribution in [2.75, 3.05) is 16.2 Å². The fraction of sp³-hybridized carbons (Fsp3) is 0.278. The average Bonchev–Trinajstić information content (AvgIpc) is 2.50. The molecule has 2 aromatic carbocycles. The van der Waals surface area contributed by atoms with E-state index >= 15 is 0 Å². The third-order valence-corrected chi connectivity index (χ3v) is 5.57. The van der Waals surface area contributed by atoms with Gasteiger partial charge < -0.3 is 5.32 Å². The van der Waals surface area contributed by atoms with Crippen LogP contribution in [-0.4, -0.2) is 20.9 Å². The van der Waals surface area contributed by atoms with Crippen LogP contribution in [0.3, 0.4) is 0 Å². The van der Waals surface area contributed by atoms with Crippen LogP contribution < -0.4 is 9.62 Å². The number of anilines is 2. The van der Waals surface area contributed by atoms with Gasteiger partial charge in [0.05, 0.1) is 10.6 Å². The fourth-order valence-corrected chi connectivity index (χ4v) is 4.13. The minimum atomic E-state index is -3.66. The lowest BCUT2D eigenvalue weighted by Gasteiger charge is -2.25. The number of benzene rings is 2. The summed E-state index contributed by atoms with van der Waals surface area (Å²) < 4.78 is 27.3. The maximum Gasteiger partial charge on any atom is 0.264 e. The molecule has 0 radical (unpaired) electrons. The topological polar surface area (TPSA) is 66.5 Å². The SMILES string of the molecule is CCN(c1ccc(C)cc1C)S(=O)(=O)c1ccc(NC(C)=O)cc1. The molecule has 0 bridgehead atoms. The van der Waals surface area contributed by atoms with E-state index in [2.05, 4.69) is 5.32 Å². The predicted molar refractivity (Wildman–Crippen MR) is 96.9 cm³/mol. The monoisotopic (exact) mass is 346 g/mol. The van der Waals surface area contributed by atoms with Gasteiger partial charge in [-0.1, -0.05) is 17.7 Å². The highest BCUT2D eigenvalue weighted by atomic mass is 32.2. The van der Waals surface area contributed by atoms with Gasteiger partial charge in [0, 0.05) is 19.2 Å². The Morgan fingerprint density at radius 2 is 1.71 bits per heavy atom. The molecule has 1 amide bonds. The van der Waals surface area contributed by atoms with E-state index in [9.17, 15) is 13.2 Å². The summed E-state index contributed by atoms with van der Waals surface area (Å²) in [5.74, 6) is -0.198. The van der Waals surface area contributed by atoms with Gasteiger partial charge in [-0.25, -0.2) is 8.42 Å². The molecule has 0 saturated carbocycles. The number of rotatable bonds is 5.